The third-order valence-corrected chi connectivity index (χ3v) is 3.14. The molecule has 0 radical (unpaired) electrons. The molecule has 0 saturated carbocycles. The molecule has 1 unspecified atom stereocenters. The number of aliphatic hydroxyl groups excluding tert-OH is 1. The highest BCUT2D eigenvalue weighted by molar-refractivity contribution is 5.90. The monoisotopic (exact) mass is 346 g/mol. The lowest BCUT2D eigenvalue weighted by molar-refractivity contribution is 0.0599. The molecule has 0 bridgehead atoms. The van der Waals surface area contributed by atoms with Gasteiger partial charge in [0.2, 0.25) is 0 Å². The fraction of sp³-hybridized carbons (Fsp3) is 0.350. The van der Waals surface area contributed by atoms with Gasteiger partial charge in [-0.1, -0.05) is 44.2 Å². The van der Waals surface area contributed by atoms with Crippen molar-refractivity contribution in [3.63, 3.8) is 0 Å². The van der Waals surface area contributed by atoms with E-state index < -0.39 is 5.97 Å². The first kappa shape index (κ1) is 20.5. The maximum absolute atomic E-state index is 11.8. The summed E-state index contributed by atoms with van der Waals surface area (Å²) >= 11 is 0. The predicted molar refractivity (Wildman–Crippen MR) is 97.1 cm³/mol. The first-order valence-electron chi connectivity index (χ1n) is 8.30. The van der Waals surface area contributed by atoms with Crippen molar-refractivity contribution in [1.82, 2.24) is 0 Å². The van der Waals surface area contributed by atoms with Crippen molar-refractivity contribution in [2.45, 2.75) is 33.5 Å². The molecule has 1 N–H and O–H groups in total. The van der Waals surface area contributed by atoms with Gasteiger partial charge in [0.1, 0.15) is 24.2 Å². The molecule has 0 aliphatic rings. The van der Waals surface area contributed by atoms with E-state index in [1.807, 2.05) is 44.2 Å². The van der Waals surface area contributed by atoms with Crippen LogP contribution in [0.4, 0.5) is 0 Å². The molecule has 0 aliphatic heterocycles. The van der Waals surface area contributed by atoms with Gasteiger partial charge in [-0.3, -0.25) is 0 Å². The quantitative estimate of drug-likeness (QED) is 0.772. The predicted octanol–water partition coefficient (Wildman–Crippen LogP) is 3.84. The fourth-order valence-electron chi connectivity index (χ4n) is 1.97. The standard InChI is InChI=1S/C18H20O5.C2H6/c1-13(11-19)23-17-9-15(18(20)21-2)8-16(10-17)22-12-14-6-4-3-5-7-14;1-2/h3-10,13,19H,11-12H2,1-2H3;1-2H3. The van der Waals surface area contributed by atoms with Gasteiger partial charge in [-0.25, -0.2) is 4.79 Å². The molecule has 2 aromatic rings. The average Bonchev–Trinajstić information content (AvgIpc) is 2.67. The Kier molecular flexibility index (Phi) is 9.11. The molecule has 0 amide bonds. The molecule has 0 aliphatic carbocycles. The van der Waals surface area contributed by atoms with Crippen LogP contribution in [-0.4, -0.2) is 30.9 Å². The summed E-state index contributed by atoms with van der Waals surface area (Å²) in [5.41, 5.74) is 1.35. The van der Waals surface area contributed by atoms with E-state index in [9.17, 15) is 4.79 Å². The molecule has 25 heavy (non-hydrogen) atoms. The van der Waals surface area contributed by atoms with Gasteiger partial charge >= 0.3 is 5.97 Å². The molecule has 136 valence electrons. The van der Waals surface area contributed by atoms with Crippen LogP contribution in [0.25, 0.3) is 0 Å². The number of rotatable bonds is 7. The van der Waals surface area contributed by atoms with E-state index >= 15 is 0 Å². The second-order valence-corrected chi connectivity index (χ2v) is 5.07. The second-order valence-electron chi connectivity index (χ2n) is 5.07. The normalized spacial score (nSPS) is 10.9. The zero-order valence-corrected chi connectivity index (χ0v) is 15.2. The van der Waals surface area contributed by atoms with Gasteiger partial charge in [-0.15, -0.1) is 0 Å². The van der Waals surface area contributed by atoms with E-state index in [2.05, 4.69) is 0 Å². The lowest BCUT2D eigenvalue weighted by Crippen LogP contribution is -2.16. The Morgan fingerprint density at radius 2 is 1.72 bits per heavy atom. The van der Waals surface area contributed by atoms with E-state index in [0.717, 1.165) is 5.56 Å². The topological polar surface area (TPSA) is 65.0 Å². The Bertz CT molecular complexity index is 640. The number of carbonyl (C=O) groups excluding carboxylic acids is 1. The zero-order chi connectivity index (χ0) is 18.7. The molecule has 1 atom stereocenters. The average molecular weight is 346 g/mol. The van der Waals surface area contributed by atoms with Gasteiger partial charge in [0.15, 0.2) is 0 Å². The molecule has 5 heteroatoms. The minimum atomic E-state index is -0.475. The van der Waals surface area contributed by atoms with Gasteiger partial charge in [0.25, 0.3) is 0 Å². The summed E-state index contributed by atoms with van der Waals surface area (Å²) in [5.74, 6) is 0.464. The number of benzene rings is 2. The smallest absolute Gasteiger partial charge is 0.338 e. The molecular formula is C20H26O5. The van der Waals surface area contributed by atoms with Crippen LogP contribution in [0.5, 0.6) is 11.5 Å². The van der Waals surface area contributed by atoms with Gasteiger partial charge in [0.05, 0.1) is 19.3 Å². The Morgan fingerprint density at radius 1 is 1.08 bits per heavy atom. The van der Waals surface area contributed by atoms with Gasteiger partial charge < -0.3 is 19.3 Å². The summed E-state index contributed by atoms with van der Waals surface area (Å²) in [5, 5.41) is 9.09. The van der Waals surface area contributed by atoms with Crippen molar-refractivity contribution in [3.05, 3.63) is 59.7 Å². The Hall–Kier alpha value is -2.53. The number of aliphatic hydroxyl groups is 1. The minimum Gasteiger partial charge on any atom is -0.489 e. The SMILES string of the molecule is CC.COC(=O)c1cc(OCc2ccccc2)cc(OC(C)CO)c1. The number of esters is 1. The lowest BCUT2D eigenvalue weighted by Gasteiger charge is -2.15. The number of carbonyl (C=O) groups is 1. The number of hydrogen-bond acceptors (Lipinski definition) is 5. The molecule has 5 nitrogen and oxygen atoms in total. The highest BCUT2D eigenvalue weighted by atomic mass is 16.5. The maximum atomic E-state index is 11.8. The van der Waals surface area contributed by atoms with Crippen molar-refractivity contribution in [3.8, 4) is 11.5 Å². The third kappa shape index (κ3) is 6.85. The van der Waals surface area contributed by atoms with E-state index in [-0.39, 0.29) is 12.7 Å². The van der Waals surface area contributed by atoms with Crippen molar-refractivity contribution in [2.24, 2.45) is 0 Å². The molecule has 2 aromatic carbocycles. The molecule has 0 spiro atoms. The first-order chi connectivity index (χ1) is 12.1. The minimum absolute atomic E-state index is 0.122. The van der Waals surface area contributed by atoms with Crippen molar-refractivity contribution in [1.29, 1.82) is 0 Å². The number of methoxy groups -OCH3 is 1. The zero-order valence-electron chi connectivity index (χ0n) is 15.2. The van der Waals surface area contributed by atoms with Crippen LogP contribution >= 0.6 is 0 Å². The highest BCUT2D eigenvalue weighted by Gasteiger charge is 2.12. The molecule has 2 rings (SSSR count). The highest BCUT2D eigenvalue weighted by Crippen LogP contribution is 2.25. The van der Waals surface area contributed by atoms with Crippen LogP contribution in [0, 0.1) is 0 Å². The number of hydrogen-bond donors (Lipinski definition) is 1. The molecule has 0 saturated heterocycles. The second kappa shape index (κ2) is 11.1. The van der Waals surface area contributed by atoms with Crippen LogP contribution < -0.4 is 9.47 Å². The summed E-state index contributed by atoms with van der Waals surface area (Å²) in [6.45, 7) is 5.98. The van der Waals surface area contributed by atoms with E-state index in [1.165, 1.54) is 7.11 Å². The molecule has 0 fully saturated rings. The van der Waals surface area contributed by atoms with E-state index in [4.69, 9.17) is 19.3 Å². The molecule has 0 aromatic heterocycles. The van der Waals surface area contributed by atoms with Crippen molar-refractivity contribution in [2.75, 3.05) is 13.7 Å². The van der Waals surface area contributed by atoms with Crippen molar-refractivity contribution < 1.29 is 24.1 Å². The summed E-state index contributed by atoms with van der Waals surface area (Å²) in [7, 11) is 1.32. The first-order valence-corrected chi connectivity index (χ1v) is 8.30. The van der Waals surface area contributed by atoms with Gasteiger partial charge in [-0.05, 0) is 24.6 Å². The largest absolute Gasteiger partial charge is 0.489 e. The Balaban J connectivity index is 0.00000151. The number of ether oxygens (including phenoxy) is 3. The van der Waals surface area contributed by atoms with Crippen molar-refractivity contribution >= 4 is 5.97 Å². The summed E-state index contributed by atoms with van der Waals surface area (Å²) in [4.78, 5) is 11.8. The van der Waals surface area contributed by atoms with Crippen LogP contribution in [0.1, 0.15) is 36.7 Å². The molecule has 0 heterocycles. The van der Waals surface area contributed by atoms with Crippen LogP contribution in [0.3, 0.4) is 0 Å². The van der Waals surface area contributed by atoms with E-state index in [1.54, 1.807) is 25.1 Å². The summed E-state index contributed by atoms with van der Waals surface area (Å²) < 4.78 is 16.0. The summed E-state index contributed by atoms with van der Waals surface area (Å²) in [6, 6.07) is 14.6. The van der Waals surface area contributed by atoms with Gasteiger partial charge in [0, 0.05) is 6.07 Å². The lowest BCUT2D eigenvalue weighted by atomic mass is 10.2. The Labute approximate surface area is 149 Å². The maximum Gasteiger partial charge on any atom is 0.338 e. The third-order valence-electron chi connectivity index (χ3n) is 3.14. The fourth-order valence-corrected chi connectivity index (χ4v) is 1.97. The molecular weight excluding hydrogens is 320 g/mol. The van der Waals surface area contributed by atoms with Crippen LogP contribution in [-0.2, 0) is 11.3 Å². The van der Waals surface area contributed by atoms with Crippen LogP contribution in [0.15, 0.2) is 48.5 Å². The van der Waals surface area contributed by atoms with Crippen LogP contribution in [0.2, 0.25) is 0 Å². The summed E-state index contributed by atoms with van der Waals surface area (Å²) in [6.07, 6.45) is -0.384. The Morgan fingerprint density at radius 3 is 2.32 bits per heavy atom. The van der Waals surface area contributed by atoms with E-state index in [0.29, 0.717) is 23.7 Å². The van der Waals surface area contributed by atoms with Gasteiger partial charge in [-0.2, -0.15) is 0 Å².